The molecule has 1 unspecified atom stereocenters. The number of fused-ring (bicyclic) bond motifs is 5. The van der Waals surface area contributed by atoms with Crippen molar-refractivity contribution in [3.8, 4) is 0 Å². The van der Waals surface area contributed by atoms with Gasteiger partial charge in [0.1, 0.15) is 0 Å². The van der Waals surface area contributed by atoms with Gasteiger partial charge in [0.15, 0.2) is 11.4 Å². The van der Waals surface area contributed by atoms with Gasteiger partial charge in [-0.15, -0.1) is 0 Å². The molecule has 5 rings (SSSR count). The first-order valence-electron chi connectivity index (χ1n) is 11.1. The number of aliphatic hydroxyl groups is 1. The lowest BCUT2D eigenvalue weighted by Crippen LogP contribution is -2.61. The quantitative estimate of drug-likeness (QED) is 0.615. The molecule has 0 bridgehead atoms. The van der Waals surface area contributed by atoms with Crippen molar-refractivity contribution in [3.05, 3.63) is 0 Å². The van der Waals surface area contributed by atoms with Crippen LogP contribution < -0.4 is 0 Å². The Labute approximate surface area is 165 Å². The average Bonchev–Trinajstić information content (AvgIpc) is 3.19. The third-order valence-electron chi connectivity index (χ3n) is 10.1. The molecule has 0 amide bonds. The van der Waals surface area contributed by atoms with Crippen molar-refractivity contribution in [2.24, 2.45) is 34.5 Å². The second-order valence-corrected chi connectivity index (χ2v) is 10.8. The second kappa shape index (κ2) is 5.88. The molecule has 7 atom stereocenters. The van der Waals surface area contributed by atoms with Crippen LogP contribution in [0.15, 0.2) is 0 Å². The zero-order chi connectivity index (χ0) is 20.0. The van der Waals surface area contributed by atoms with E-state index in [1.165, 1.54) is 0 Å². The fourth-order valence-electron chi connectivity index (χ4n) is 8.44. The maximum absolute atomic E-state index is 13.8. The molecule has 3 nitrogen and oxygen atoms in total. The first-order valence-corrected chi connectivity index (χ1v) is 11.1. The lowest BCUT2D eigenvalue weighted by Gasteiger charge is -2.62. The number of ether oxygens (including phenoxy) is 2. The van der Waals surface area contributed by atoms with Crippen LogP contribution in [0, 0.1) is 34.5 Å². The van der Waals surface area contributed by atoms with Crippen molar-refractivity contribution < 1.29 is 27.8 Å². The molecule has 5 aliphatic rings. The number of hydrogen-bond acceptors (Lipinski definition) is 3. The van der Waals surface area contributed by atoms with Gasteiger partial charge in [-0.25, -0.2) is 0 Å². The lowest BCUT2D eigenvalue weighted by atomic mass is 9.44. The SMILES string of the molecule is C[C@]12CCC3(CC1CC[C@@H]1[C@@H]2CC[C@@]2(C)[C@H]1CC[C@@]2(O)C(F)(F)F)OCCO3. The van der Waals surface area contributed by atoms with Crippen molar-refractivity contribution in [1.82, 2.24) is 0 Å². The van der Waals surface area contributed by atoms with E-state index in [1.54, 1.807) is 6.92 Å². The Bertz CT molecular complexity index is 645. The van der Waals surface area contributed by atoms with E-state index in [9.17, 15) is 18.3 Å². The highest BCUT2D eigenvalue weighted by Gasteiger charge is 2.72. The molecular formula is C22H33F3O3. The Morgan fingerprint density at radius 3 is 2.21 bits per heavy atom. The molecule has 1 spiro atoms. The van der Waals surface area contributed by atoms with Crippen LogP contribution in [0.25, 0.3) is 0 Å². The van der Waals surface area contributed by atoms with Crippen molar-refractivity contribution in [3.63, 3.8) is 0 Å². The molecule has 4 aliphatic carbocycles. The van der Waals surface area contributed by atoms with Crippen LogP contribution in [0.5, 0.6) is 0 Å². The smallest absolute Gasteiger partial charge is 0.380 e. The summed E-state index contributed by atoms with van der Waals surface area (Å²) in [5.74, 6) is 0.859. The van der Waals surface area contributed by atoms with Gasteiger partial charge in [-0.05, 0) is 74.0 Å². The van der Waals surface area contributed by atoms with Crippen LogP contribution in [-0.4, -0.2) is 35.9 Å². The zero-order valence-electron chi connectivity index (χ0n) is 17.0. The van der Waals surface area contributed by atoms with Crippen LogP contribution >= 0.6 is 0 Å². The molecule has 4 saturated carbocycles. The molecule has 1 aliphatic heterocycles. The first-order chi connectivity index (χ1) is 13.0. The topological polar surface area (TPSA) is 38.7 Å². The molecule has 1 N–H and O–H groups in total. The highest BCUT2D eigenvalue weighted by molar-refractivity contribution is 5.16. The summed E-state index contributed by atoms with van der Waals surface area (Å²) in [6, 6.07) is 0. The molecule has 0 radical (unpaired) electrons. The van der Waals surface area contributed by atoms with E-state index in [2.05, 4.69) is 6.92 Å². The number of hydrogen-bond donors (Lipinski definition) is 1. The largest absolute Gasteiger partial charge is 0.417 e. The Morgan fingerprint density at radius 2 is 1.54 bits per heavy atom. The standard InChI is InChI=1S/C22H33F3O3/c1-18-9-10-20(27-11-12-28-20)13-14(18)3-4-15-16(18)5-7-19(2)17(15)6-8-21(19,26)22(23,24)25/h14-17,26H,3-13H2,1-2H3/t14?,15-,16+,17+,18+,19+,21+/m1/s1. The van der Waals surface area contributed by atoms with Gasteiger partial charge in [-0.3, -0.25) is 0 Å². The highest BCUT2D eigenvalue weighted by Crippen LogP contribution is 2.70. The summed E-state index contributed by atoms with van der Waals surface area (Å²) in [7, 11) is 0. The minimum absolute atomic E-state index is 0.0227. The normalized spacial score (nSPS) is 52.9. The summed E-state index contributed by atoms with van der Waals surface area (Å²) in [5, 5.41) is 10.8. The van der Waals surface area contributed by atoms with Gasteiger partial charge in [-0.2, -0.15) is 13.2 Å². The fraction of sp³-hybridized carbons (Fsp3) is 1.00. The summed E-state index contributed by atoms with van der Waals surface area (Å²) in [4.78, 5) is 0. The average molecular weight is 402 g/mol. The Hall–Kier alpha value is -0.330. The molecule has 28 heavy (non-hydrogen) atoms. The van der Waals surface area contributed by atoms with E-state index in [4.69, 9.17) is 9.47 Å². The van der Waals surface area contributed by atoms with Gasteiger partial charge in [0.2, 0.25) is 0 Å². The van der Waals surface area contributed by atoms with Crippen LogP contribution in [-0.2, 0) is 9.47 Å². The minimum atomic E-state index is -4.54. The monoisotopic (exact) mass is 402 g/mol. The van der Waals surface area contributed by atoms with E-state index in [0.717, 1.165) is 38.5 Å². The molecular weight excluding hydrogens is 369 g/mol. The van der Waals surface area contributed by atoms with E-state index in [-0.39, 0.29) is 17.8 Å². The van der Waals surface area contributed by atoms with Crippen molar-refractivity contribution in [2.75, 3.05) is 13.2 Å². The van der Waals surface area contributed by atoms with Gasteiger partial charge in [0, 0.05) is 18.3 Å². The van der Waals surface area contributed by atoms with Gasteiger partial charge in [0.25, 0.3) is 0 Å². The number of alkyl halides is 3. The van der Waals surface area contributed by atoms with Gasteiger partial charge in [0.05, 0.1) is 13.2 Å². The zero-order valence-corrected chi connectivity index (χ0v) is 17.0. The molecule has 0 aromatic carbocycles. The molecule has 0 aromatic heterocycles. The summed E-state index contributed by atoms with van der Waals surface area (Å²) >= 11 is 0. The lowest BCUT2D eigenvalue weighted by molar-refractivity contribution is -0.305. The minimum Gasteiger partial charge on any atom is -0.380 e. The summed E-state index contributed by atoms with van der Waals surface area (Å²) in [6.07, 6.45) is 2.01. The highest BCUT2D eigenvalue weighted by atomic mass is 19.4. The Kier molecular flexibility index (Phi) is 4.12. The third kappa shape index (κ3) is 2.34. The Balaban J connectivity index is 1.42. The summed E-state index contributed by atoms with van der Waals surface area (Å²) < 4.78 is 53.4. The second-order valence-electron chi connectivity index (χ2n) is 10.8. The van der Waals surface area contributed by atoms with E-state index in [1.807, 2.05) is 0 Å². The van der Waals surface area contributed by atoms with Gasteiger partial charge < -0.3 is 14.6 Å². The first kappa shape index (κ1) is 19.6. The molecule has 5 fully saturated rings. The van der Waals surface area contributed by atoms with Crippen LogP contribution in [0.3, 0.4) is 0 Å². The van der Waals surface area contributed by atoms with Gasteiger partial charge in [-0.1, -0.05) is 13.8 Å². The van der Waals surface area contributed by atoms with Crippen molar-refractivity contribution in [1.29, 1.82) is 0 Å². The molecule has 0 aromatic rings. The number of rotatable bonds is 0. The fourth-order valence-corrected chi connectivity index (χ4v) is 8.44. The van der Waals surface area contributed by atoms with Crippen molar-refractivity contribution >= 4 is 0 Å². The molecule has 6 heteroatoms. The molecule has 160 valence electrons. The van der Waals surface area contributed by atoms with E-state index >= 15 is 0 Å². The van der Waals surface area contributed by atoms with Crippen molar-refractivity contribution in [2.45, 2.75) is 89.2 Å². The summed E-state index contributed by atoms with van der Waals surface area (Å²) in [6.45, 7) is 5.45. The maximum Gasteiger partial charge on any atom is 0.417 e. The summed E-state index contributed by atoms with van der Waals surface area (Å²) in [5.41, 5.74) is -3.40. The molecule has 1 saturated heterocycles. The molecule has 1 heterocycles. The van der Waals surface area contributed by atoms with E-state index in [0.29, 0.717) is 43.8 Å². The maximum atomic E-state index is 13.8. The van der Waals surface area contributed by atoms with Crippen LogP contribution in [0.1, 0.15) is 71.6 Å². The number of halogens is 3. The predicted octanol–water partition coefficient (Wildman–Crippen LogP) is 5.07. The third-order valence-corrected chi connectivity index (χ3v) is 10.1. The van der Waals surface area contributed by atoms with Gasteiger partial charge >= 0.3 is 6.18 Å². The van der Waals surface area contributed by atoms with Crippen LogP contribution in [0.2, 0.25) is 0 Å². The predicted molar refractivity (Wildman–Crippen MR) is 97.4 cm³/mol. The van der Waals surface area contributed by atoms with E-state index < -0.39 is 23.0 Å². The Morgan fingerprint density at radius 1 is 0.857 bits per heavy atom. The van der Waals surface area contributed by atoms with Crippen LogP contribution in [0.4, 0.5) is 13.2 Å².